The number of carbonyl (C=O) groups is 1. The third kappa shape index (κ3) is 6.64. The second-order valence-corrected chi connectivity index (χ2v) is 8.88. The van der Waals surface area contributed by atoms with Crippen LogP contribution >= 0.6 is 24.0 Å². The highest BCUT2D eigenvalue weighted by molar-refractivity contribution is 14.0. The van der Waals surface area contributed by atoms with E-state index in [9.17, 15) is 4.79 Å². The molecule has 0 aliphatic carbocycles. The second-order valence-electron chi connectivity index (χ2n) is 8.88. The monoisotopic (exact) mass is 576 g/mol. The third-order valence-electron chi connectivity index (χ3n) is 6.70. The molecule has 0 spiro atoms. The van der Waals surface area contributed by atoms with Gasteiger partial charge in [0.25, 0.3) is 0 Å². The van der Waals surface area contributed by atoms with Crippen molar-refractivity contribution in [2.45, 2.75) is 45.1 Å². The molecule has 1 amide bonds. The maximum absolute atomic E-state index is 12.7. The zero-order valence-corrected chi connectivity index (χ0v) is 22.7. The number of nitrogens with one attached hydrogen (secondary N) is 1. The van der Waals surface area contributed by atoms with Gasteiger partial charge in [-0.1, -0.05) is 36.4 Å². The number of fused-ring (bicyclic) bond motifs is 1. The van der Waals surface area contributed by atoms with Gasteiger partial charge in [0.1, 0.15) is 5.75 Å². The van der Waals surface area contributed by atoms with E-state index in [1.54, 1.807) is 7.11 Å². The lowest BCUT2D eigenvalue weighted by atomic mass is 9.98. The van der Waals surface area contributed by atoms with E-state index in [4.69, 9.17) is 9.73 Å². The van der Waals surface area contributed by atoms with Gasteiger partial charge in [-0.05, 0) is 55.0 Å². The average Bonchev–Trinajstić information content (AvgIpc) is 3.35. The normalized spacial score (nSPS) is 17.7. The molecule has 1 saturated heterocycles. The first-order valence-electron chi connectivity index (χ1n) is 12.2. The Morgan fingerprint density at radius 3 is 2.59 bits per heavy atom. The van der Waals surface area contributed by atoms with Crippen LogP contribution in [0, 0.1) is 0 Å². The number of guanidine groups is 1. The van der Waals surface area contributed by atoms with Crippen LogP contribution in [0.15, 0.2) is 53.5 Å². The van der Waals surface area contributed by atoms with Gasteiger partial charge in [0.15, 0.2) is 5.96 Å². The van der Waals surface area contributed by atoms with Gasteiger partial charge in [-0.15, -0.1) is 24.0 Å². The summed E-state index contributed by atoms with van der Waals surface area (Å²) in [6, 6.07) is 16.9. The standard InChI is InChI=1S/C27H36N4O2.HI/c1-3-28-27(31-18-15-24(20-31)22-10-12-25(33-2)13-11-22)29-16-6-9-26(32)30-17-14-21-7-4-5-8-23(21)19-30;/h4-5,7-8,10-13,24H,3,6,9,14-20H2,1-2H3,(H,28,29);1H. The number of rotatable bonds is 7. The number of aliphatic imine (C=N–C) groups is 1. The van der Waals surface area contributed by atoms with Crippen molar-refractivity contribution < 1.29 is 9.53 Å². The van der Waals surface area contributed by atoms with E-state index in [0.29, 0.717) is 18.9 Å². The minimum absolute atomic E-state index is 0. The maximum Gasteiger partial charge on any atom is 0.222 e. The van der Waals surface area contributed by atoms with Crippen LogP contribution in [-0.2, 0) is 17.8 Å². The number of carbonyl (C=O) groups excluding carboxylic acids is 1. The largest absolute Gasteiger partial charge is 0.497 e. The quantitative estimate of drug-likeness (QED) is 0.229. The maximum atomic E-state index is 12.7. The van der Waals surface area contributed by atoms with Crippen LogP contribution in [0.4, 0.5) is 0 Å². The van der Waals surface area contributed by atoms with Gasteiger partial charge < -0.3 is 19.9 Å². The Morgan fingerprint density at radius 2 is 1.85 bits per heavy atom. The van der Waals surface area contributed by atoms with Gasteiger partial charge >= 0.3 is 0 Å². The van der Waals surface area contributed by atoms with E-state index in [1.165, 1.54) is 16.7 Å². The fourth-order valence-electron chi connectivity index (χ4n) is 4.81. The summed E-state index contributed by atoms with van der Waals surface area (Å²) in [4.78, 5) is 21.9. The molecular formula is C27H37IN4O2. The Balaban J connectivity index is 0.00000324. The summed E-state index contributed by atoms with van der Waals surface area (Å²) in [5, 5.41) is 3.44. The SMILES string of the molecule is CCNC(=NCCCC(=O)N1CCc2ccccc2C1)N1CCC(c2ccc(OC)cc2)C1.I. The predicted molar refractivity (Wildman–Crippen MR) is 148 cm³/mol. The van der Waals surface area contributed by atoms with Gasteiger partial charge in [0, 0.05) is 51.6 Å². The van der Waals surface area contributed by atoms with Crippen LogP contribution in [0.5, 0.6) is 5.75 Å². The zero-order chi connectivity index (χ0) is 23.0. The molecule has 0 radical (unpaired) electrons. The van der Waals surface area contributed by atoms with Crippen LogP contribution in [0.25, 0.3) is 0 Å². The van der Waals surface area contributed by atoms with Crippen LogP contribution in [-0.4, -0.2) is 61.5 Å². The van der Waals surface area contributed by atoms with Crippen molar-refractivity contribution in [3.63, 3.8) is 0 Å². The predicted octanol–water partition coefficient (Wildman–Crippen LogP) is 4.43. The van der Waals surface area contributed by atoms with Crippen LogP contribution in [0.2, 0.25) is 0 Å². The molecule has 34 heavy (non-hydrogen) atoms. The summed E-state index contributed by atoms with van der Waals surface area (Å²) in [5.41, 5.74) is 4.01. The lowest BCUT2D eigenvalue weighted by Crippen LogP contribution is -2.40. The Kier molecular flexibility index (Phi) is 10.0. The van der Waals surface area contributed by atoms with Crippen molar-refractivity contribution in [3.05, 3.63) is 65.2 Å². The summed E-state index contributed by atoms with van der Waals surface area (Å²) < 4.78 is 5.28. The van der Waals surface area contributed by atoms with Crippen molar-refractivity contribution in [1.29, 1.82) is 0 Å². The number of likely N-dealkylation sites (tertiary alicyclic amines) is 1. The van der Waals surface area contributed by atoms with Gasteiger partial charge in [0.05, 0.1) is 7.11 Å². The van der Waals surface area contributed by atoms with Crippen molar-refractivity contribution in [3.8, 4) is 5.75 Å². The number of hydrogen-bond acceptors (Lipinski definition) is 3. The molecule has 2 aromatic carbocycles. The lowest BCUT2D eigenvalue weighted by Gasteiger charge is -2.29. The second kappa shape index (κ2) is 13.0. The molecule has 2 aromatic rings. The minimum Gasteiger partial charge on any atom is -0.497 e. The highest BCUT2D eigenvalue weighted by Crippen LogP contribution is 2.28. The zero-order valence-electron chi connectivity index (χ0n) is 20.3. The molecule has 2 aliphatic heterocycles. The summed E-state index contributed by atoms with van der Waals surface area (Å²) in [5.74, 6) is 2.61. The Labute approximate surface area is 220 Å². The molecule has 0 bridgehead atoms. The number of nitrogens with zero attached hydrogens (tertiary/aromatic N) is 3. The minimum atomic E-state index is 0. The van der Waals surface area contributed by atoms with E-state index in [0.717, 1.165) is 63.7 Å². The molecule has 0 aromatic heterocycles. The van der Waals surface area contributed by atoms with Crippen LogP contribution in [0.1, 0.15) is 48.8 Å². The first kappa shape index (κ1) is 26.3. The Hall–Kier alpha value is -2.29. The summed E-state index contributed by atoms with van der Waals surface area (Å²) >= 11 is 0. The van der Waals surface area contributed by atoms with Crippen molar-refractivity contribution in [2.24, 2.45) is 4.99 Å². The molecule has 2 aliphatic rings. The Morgan fingerprint density at radius 1 is 1.09 bits per heavy atom. The smallest absolute Gasteiger partial charge is 0.222 e. The molecular weight excluding hydrogens is 539 g/mol. The topological polar surface area (TPSA) is 57.2 Å². The number of ether oxygens (including phenoxy) is 1. The van der Waals surface area contributed by atoms with E-state index in [1.807, 2.05) is 17.0 Å². The molecule has 1 fully saturated rings. The van der Waals surface area contributed by atoms with E-state index >= 15 is 0 Å². The lowest BCUT2D eigenvalue weighted by molar-refractivity contribution is -0.132. The fourth-order valence-corrected chi connectivity index (χ4v) is 4.81. The molecule has 4 rings (SSSR count). The number of benzene rings is 2. The van der Waals surface area contributed by atoms with Gasteiger partial charge in [0.2, 0.25) is 5.91 Å². The van der Waals surface area contributed by atoms with Crippen molar-refractivity contribution >= 4 is 35.8 Å². The first-order chi connectivity index (χ1) is 16.2. The molecule has 6 nitrogen and oxygen atoms in total. The Bertz CT molecular complexity index is 963. The van der Waals surface area contributed by atoms with Gasteiger partial charge in [-0.2, -0.15) is 0 Å². The van der Waals surface area contributed by atoms with E-state index in [2.05, 4.69) is 53.5 Å². The number of halogens is 1. The van der Waals surface area contributed by atoms with Crippen LogP contribution < -0.4 is 10.1 Å². The molecule has 1 unspecified atom stereocenters. The molecule has 2 heterocycles. The summed E-state index contributed by atoms with van der Waals surface area (Å²) in [6.45, 7) is 7.13. The van der Waals surface area contributed by atoms with E-state index < -0.39 is 0 Å². The summed E-state index contributed by atoms with van der Waals surface area (Å²) in [6.07, 6.45) is 3.40. The van der Waals surface area contributed by atoms with Gasteiger partial charge in [-0.25, -0.2) is 0 Å². The first-order valence-corrected chi connectivity index (χ1v) is 12.2. The molecule has 184 valence electrons. The molecule has 0 saturated carbocycles. The van der Waals surface area contributed by atoms with Crippen molar-refractivity contribution in [1.82, 2.24) is 15.1 Å². The third-order valence-corrected chi connectivity index (χ3v) is 6.70. The van der Waals surface area contributed by atoms with Crippen LogP contribution in [0.3, 0.4) is 0 Å². The molecule has 7 heteroatoms. The highest BCUT2D eigenvalue weighted by atomic mass is 127. The highest BCUT2D eigenvalue weighted by Gasteiger charge is 2.26. The van der Waals surface area contributed by atoms with E-state index in [-0.39, 0.29) is 29.9 Å². The molecule has 1 atom stereocenters. The van der Waals surface area contributed by atoms with Gasteiger partial charge in [-0.3, -0.25) is 9.79 Å². The molecule has 1 N–H and O–H groups in total. The number of amides is 1. The number of methoxy groups -OCH3 is 1. The summed E-state index contributed by atoms with van der Waals surface area (Å²) in [7, 11) is 1.70. The van der Waals surface area contributed by atoms with Crippen molar-refractivity contribution in [2.75, 3.05) is 39.8 Å². The average molecular weight is 577 g/mol. The number of hydrogen-bond donors (Lipinski definition) is 1. The fraction of sp³-hybridized carbons (Fsp3) is 0.481.